The first-order valence-corrected chi connectivity index (χ1v) is 2.81. The third-order valence-electron chi connectivity index (χ3n) is 0.776. The van der Waals surface area contributed by atoms with E-state index in [-0.39, 0.29) is 0 Å². The van der Waals surface area contributed by atoms with Gasteiger partial charge in [0.2, 0.25) is 6.04 Å². The van der Waals surface area contributed by atoms with E-state index in [2.05, 4.69) is 5.18 Å². The first-order chi connectivity index (χ1) is 4.63. The normalized spacial score (nSPS) is 12.1. The van der Waals surface area contributed by atoms with Crippen molar-refractivity contribution in [2.24, 2.45) is 5.18 Å². The summed E-state index contributed by atoms with van der Waals surface area (Å²) in [5.74, 6) is -2.98. The Balaban J connectivity index is 4.20. The first kappa shape index (κ1) is 9.03. The van der Waals surface area contributed by atoms with Crippen LogP contribution >= 0.6 is 11.6 Å². The Morgan fingerprint density at radius 3 is 2.20 bits per heavy atom. The molecular formula is C4H4ClNO4. The summed E-state index contributed by atoms with van der Waals surface area (Å²) in [7, 11) is 0. The van der Waals surface area contributed by atoms with Crippen LogP contribution in [-0.2, 0) is 9.59 Å². The summed E-state index contributed by atoms with van der Waals surface area (Å²) >= 11 is 4.96. The van der Waals surface area contributed by atoms with E-state index in [1.165, 1.54) is 0 Å². The highest BCUT2D eigenvalue weighted by Crippen LogP contribution is 1.94. The highest BCUT2D eigenvalue weighted by Gasteiger charge is 2.25. The van der Waals surface area contributed by atoms with Crippen molar-refractivity contribution in [1.29, 1.82) is 0 Å². The predicted octanol–water partition coefficient (Wildman–Crippen LogP) is 0.0139. The van der Waals surface area contributed by atoms with Crippen molar-refractivity contribution in [2.75, 3.05) is 5.88 Å². The quantitative estimate of drug-likeness (QED) is 0.361. The number of nitroso groups, excluding NO2 is 1. The molecule has 56 valence electrons. The Morgan fingerprint density at radius 2 is 2.10 bits per heavy atom. The van der Waals surface area contributed by atoms with Gasteiger partial charge in [-0.25, -0.2) is 4.79 Å². The van der Waals surface area contributed by atoms with Crippen LogP contribution < -0.4 is 0 Å². The molecular weight excluding hydrogens is 161 g/mol. The smallest absolute Gasteiger partial charge is 0.340 e. The van der Waals surface area contributed by atoms with Gasteiger partial charge in [0.1, 0.15) is 0 Å². The van der Waals surface area contributed by atoms with Gasteiger partial charge in [-0.3, -0.25) is 4.79 Å². The number of rotatable bonds is 4. The lowest BCUT2D eigenvalue weighted by atomic mass is 10.2. The van der Waals surface area contributed by atoms with E-state index in [0.717, 1.165) is 0 Å². The molecule has 0 saturated carbocycles. The lowest BCUT2D eigenvalue weighted by Gasteiger charge is -1.96. The number of ketones is 1. The summed E-state index contributed by atoms with van der Waals surface area (Å²) in [5, 5.41) is 10.2. The number of carboxylic acids is 1. The van der Waals surface area contributed by atoms with Crippen LogP contribution in [0.5, 0.6) is 0 Å². The number of hydrogen-bond donors (Lipinski definition) is 1. The molecule has 0 aliphatic carbocycles. The number of carboxylic acid groups (broad SMARTS) is 1. The topological polar surface area (TPSA) is 83.8 Å². The molecule has 0 rings (SSSR count). The third kappa shape index (κ3) is 2.10. The van der Waals surface area contributed by atoms with E-state index in [1.807, 2.05) is 0 Å². The van der Waals surface area contributed by atoms with Crippen LogP contribution in [0.3, 0.4) is 0 Å². The van der Waals surface area contributed by atoms with Gasteiger partial charge in [-0.05, 0) is 5.18 Å². The SMILES string of the molecule is O=NC(C(=O)O)C(=O)CCl. The van der Waals surface area contributed by atoms with E-state index in [0.29, 0.717) is 0 Å². The molecule has 6 heteroatoms. The van der Waals surface area contributed by atoms with E-state index in [4.69, 9.17) is 16.7 Å². The van der Waals surface area contributed by atoms with Gasteiger partial charge < -0.3 is 5.11 Å². The molecule has 10 heavy (non-hydrogen) atoms. The highest BCUT2D eigenvalue weighted by molar-refractivity contribution is 6.30. The summed E-state index contributed by atoms with van der Waals surface area (Å²) in [6, 6.07) is -1.85. The van der Waals surface area contributed by atoms with Crippen LogP contribution in [0.1, 0.15) is 0 Å². The zero-order valence-corrected chi connectivity index (χ0v) is 5.54. The standard InChI is InChI=1S/C4H4ClNO4/c5-1-2(7)3(6-10)4(8)9/h3H,1H2,(H,8,9). The molecule has 0 aromatic rings. The maximum absolute atomic E-state index is 10.4. The largest absolute Gasteiger partial charge is 0.479 e. The molecule has 1 unspecified atom stereocenters. The molecule has 5 nitrogen and oxygen atoms in total. The van der Waals surface area contributed by atoms with Crippen molar-refractivity contribution in [3.8, 4) is 0 Å². The summed E-state index contributed by atoms with van der Waals surface area (Å²) in [6.45, 7) is 0. The lowest BCUT2D eigenvalue weighted by molar-refractivity contribution is -0.141. The van der Waals surface area contributed by atoms with Crippen molar-refractivity contribution in [3.63, 3.8) is 0 Å². The van der Waals surface area contributed by atoms with Crippen LogP contribution in [0.25, 0.3) is 0 Å². The molecule has 0 heterocycles. The molecule has 0 bridgehead atoms. The van der Waals surface area contributed by atoms with Gasteiger partial charge in [0.15, 0.2) is 5.78 Å². The molecule has 0 aromatic carbocycles. The van der Waals surface area contributed by atoms with Crippen molar-refractivity contribution in [2.45, 2.75) is 6.04 Å². The van der Waals surface area contributed by atoms with Crippen molar-refractivity contribution >= 4 is 23.4 Å². The fraction of sp³-hybridized carbons (Fsp3) is 0.500. The van der Waals surface area contributed by atoms with Crippen LogP contribution in [-0.4, -0.2) is 28.8 Å². The minimum Gasteiger partial charge on any atom is -0.479 e. The Kier molecular flexibility index (Phi) is 3.56. The molecule has 1 N–H and O–H groups in total. The summed E-state index contributed by atoms with van der Waals surface area (Å²) in [5.41, 5.74) is 0. The van der Waals surface area contributed by atoms with E-state index >= 15 is 0 Å². The minimum absolute atomic E-state index is 0.511. The van der Waals surface area contributed by atoms with Gasteiger partial charge in [-0.1, -0.05) is 0 Å². The van der Waals surface area contributed by atoms with Gasteiger partial charge in [0.05, 0.1) is 5.88 Å². The van der Waals surface area contributed by atoms with Gasteiger partial charge in [0.25, 0.3) is 0 Å². The van der Waals surface area contributed by atoms with Crippen molar-refractivity contribution in [1.82, 2.24) is 0 Å². The maximum Gasteiger partial charge on any atom is 0.340 e. The highest BCUT2D eigenvalue weighted by atomic mass is 35.5. The molecule has 0 amide bonds. The van der Waals surface area contributed by atoms with Gasteiger partial charge >= 0.3 is 5.97 Å². The number of nitrogens with zero attached hydrogens (tertiary/aromatic N) is 1. The number of alkyl halides is 1. The Bertz CT molecular complexity index is 169. The third-order valence-corrected chi connectivity index (χ3v) is 1.04. The monoisotopic (exact) mass is 165 g/mol. The minimum atomic E-state index is -1.85. The zero-order valence-electron chi connectivity index (χ0n) is 4.78. The summed E-state index contributed by atoms with van der Waals surface area (Å²) in [4.78, 5) is 30.0. The van der Waals surface area contributed by atoms with Gasteiger partial charge in [-0.15, -0.1) is 16.5 Å². The van der Waals surface area contributed by atoms with Crippen LogP contribution in [0.2, 0.25) is 0 Å². The molecule has 0 fully saturated rings. The Morgan fingerprint density at radius 1 is 1.60 bits per heavy atom. The van der Waals surface area contributed by atoms with Crippen molar-refractivity contribution < 1.29 is 14.7 Å². The fourth-order valence-electron chi connectivity index (χ4n) is 0.315. The number of aliphatic carboxylic acids is 1. The van der Waals surface area contributed by atoms with Crippen LogP contribution in [0.15, 0.2) is 5.18 Å². The molecule has 0 spiro atoms. The van der Waals surface area contributed by atoms with Crippen molar-refractivity contribution in [3.05, 3.63) is 4.91 Å². The Hall–Kier alpha value is -0.970. The second-order valence-electron chi connectivity index (χ2n) is 1.45. The maximum atomic E-state index is 10.4. The fourth-order valence-corrected chi connectivity index (χ4v) is 0.461. The molecule has 0 aromatic heterocycles. The number of halogens is 1. The zero-order chi connectivity index (χ0) is 8.15. The lowest BCUT2D eigenvalue weighted by Crippen LogP contribution is -2.28. The van der Waals surface area contributed by atoms with E-state index in [1.54, 1.807) is 0 Å². The molecule has 0 radical (unpaired) electrons. The van der Waals surface area contributed by atoms with Gasteiger partial charge in [0, 0.05) is 0 Å². The summed E-state index contributed by atoms with van der Waals surface area (Å²) < 4.78 is 0. The molecule has 0 saturated heterocycles. The van der Waals surface area contributed by atoms with Gasteiger partial charge in [-0.2, -0.15) is 0 Å². The molecule has 0 aliphatic heterocycles. The average molecular weight is 166 g/mol. The average Bonchev–Trinajstić information content (AvgIpc) is 1.88. The van der Waals surface area contributed by atoms with Crippen LogP contribution in [0.4, 0.5) is 0 Å². The summed E-state index contributed by atoms with van der Waals surface area (Å²) in [6.07, 6.45) is 0. The Labute approximate surface area is 60.9 Å². The van der Waals surface area contributed by atoms with Crippen LogP contribution in [0, 0.1) is 4.91 Å². The van der Waals surface area contributed by atoms with E-state index in [9.17, 15) is 14.5 Å². The number of hydrogen-bond acceptors (Lipinski definition) is 4. The molecule has 1 atom stereocenters. The van der Waals surface area contributed by atoms with E-state index < -0.39 is 23.7 Å². The predicted molar refractivity (Wildman–Crippen MR) is 32.9 cm³/mol. The second-order valence-corrected chi connectivity index (χ2v) is 1.71. The first-order valence-electron chi connectivity index (χ1n) is 2.27. The molecule has 0 aliphatic rings. The number of carbonyl (C=O) groups excluding carboxylic acids is 1. The number of carbonyl (C=O) groups is 2. The number of Topliss-reactive ketones (excluding diaryl/α,β-unsaturated/α-hetero) is 1. The second kappa shape index (κ2) is 3.94.